The molecule has 0 radical (unpaired) electrons. The summed E-state index contributed by atoms with van der Waals surface area (Å²) in [6.07, 6.45) is 6.67. The van der Waals surface area contributed by atoms with Crippen molar-refractivity contribution in [1.82, 2.24) is 10.6 Å². The predicted octanol–water partition coefficient (Wildman–Crippen LogP) is 3.10. The number of ether oxygens (including phenoxy) is 2. The number of benzene rings is 1. The molecule has 1 aromatic carbocycles. The third-order valence-corrected chi connectivity index (χ3v) is 5.84. The molecular formula is C20H31N3O2. The van der Waals surface area contributed by atoms with Gasteiger partial charge >= 0.3 is 0 Å². The van der Waals surface area contributed by atoms with Crippen LogP contribution in [0.5, 0.6) is 5.75 Å². The van der Waals surface area contributed by atoms with Gasteiger partial charge in [-0.05, 0) is 43.9 Å². The number of nitrogens with zero attached hydrogens (tertiary/aromatic N) is 1. The fourth-order valence-electron chi connectivity index (χ4n) is 4.38. The van der Waals surface area contributed by atoms with Crippen LogP contribution in [0.3, 0.4) is 0 Å². The summed E-state index contributed by atoms with van der Waals surface area (Å²) in [5, 5.41) is 7.08. The van der Waals surface area contributed by atoms with Gasteiger partial charge in [0.2, 0.25) is 0 Å². The van der Waals surface area contributed by atoms with Crippen molar-refractivity contribution in [3.05, 3.63) is 29.8 Å². The maximum Gasteiger partial charge on any atom is 0.191 e. The molecule has 0 aliphatic heterocycles. The van der Waals surface area contributed by atoms with E-state index in [1.807, 2.05) is 19.2 Å². The zero-order chi connectivity index (χ0) is 17.7. The van der Waals surface area contributed by atoms with Gasteiger partial charge in [0.1, 0.15) is 5.75 Å². The topological polar surface area (TPSA) is 54.9 Å². The Kier molecular flexibility index (Phi) is 5.84. The average Bonchev–Trinajstić information content (AvgIpc) is 3.17. The molecule has 3 rings (SSSR count). The molecule has 138 valence electrons. The van der Waals surface area contributed by atoms with Crippen LogP contribution >= 0.6 is 0 Å². The van der Waals surface area contributed by atoms with Crippen LogP contribution in [0.25, 0.3) is 0 Å². The Hall–Kier alpha value is -1.75. The quantitative estimate of drug-likeness (QED) is 0.614. The molecule has 2 fully saturated rings. The highest BCUT2D eigenvalue weighted by atomic mass is 16.5. The molecule has 5 nitrogen and oxygen atoms in total. The Bertz CT molecular complexity index is 579. The maximum absolute atomic E-state index is 6.00. The Morgan fingerprint density at radius 3 is 2.56 bits per heavy atom. The molecule has 0 saturated heterocycles. The number of hydrogen-bond acceptors (Lipinski definition) is 3. The molecule has 2 aliphatic rings. The van der Waals surface area contributed by atoms with Gasteiger partial charge in [0, 0.05) is 31.7 Å². The first kappa shape index (κ1) is 18.1. The van der Waals surface area contributed by atoms with Crippen LogP contribution in [0.2, 0.25) is 0 Å². The van der Waals surface area contributed by atoms with E-state index in [2.05, 4.69) is 34.7 Å². The molecule has 2 unspecified atom stereocenters. The van der Waals surface area contributed by atoms with E-state index in [9.17, 15) is 0 Å². The third kappa shape index (κ3) is 3.76. The van der Waals surface area contributed by atoms with Crippen molar-refractivity contribution in [3.8, 4) is 5.75 Å². The summed E-state index contributed by atoms with van der Waals surface area (Å²) in [5.41, 5.74) is 1.52. The lowest BCUT2D eigenvalue weighted by Crippen LogP contribution is -2.65. The largest absolute Gasteiger partial charge is 0.497 e. The van der Waals surface area contributed by atoms with Gasteiger partial charge in [-0.2, -0.15) is 0 Å². The molecule has 0 amide bonds. The minimum absolute atomic E-state index is 0.313. The number of methoxy groups -OCH3 is 1. The van der Waals surface area contributed by atoms with Crippen molar-refractivity contribution in [2.75, 3.05) is 20.8 Å². The summed E-state index contributed by atoms with van der Waals surface area (Å²) < 4.78 is 11.2. The minimum Gasteiger partial charge on any atom is -0.497 e. The van der Waals surface area contributed by atoms with E-state index in [0.29, 0.717) is 17.6 Å². The third-order valence-electron chi connectivity index (χ3n) is 5.84. The van der Waals surface area contributed by atoms with Crippen molar-refractivity contribution < 1.29 is 9.47 Å². The van der Waals surface area contributed by atoms with E-state index in [4.69, 9.17) is 9.47 Å². The van der Waals surface area contributed by atoms with Gasteiger partial charge < -0.3 is 20.1 Å². The zero-order valence-corrected chi connectivity index (χ0v) is 15.7. The second kappa shape index (κ2) is 8.09. The molecule has 25 heavy (non-hydrogen) atoms. The van der Waals surface area contributed by atoms with Gasteiger partial charge in [-0.1, -0.05) is 25.0 Å². The summed E-state index contributed by atoms with van der Waals surface area (Å²) in [7, 11) is 3.52. The fourth-order valence-corrected chi connectivity index (χ4v) is 4.38. The second-order valence-electron chi connectivity index (χ2n) is 7.09. The highest BCUT2D eigenvalue weighted by molar-refractivity contribution is 5.80. The van der Waals surface area contributed by atoms with Crippen LogP contribution in [0.1, 0.15) is 44.6 Å². The van der Waals surface area contributed by atoms with Crippen LogP contribution in [0.15, 0.2) is 29.3 Å². The number of aliphatic imine (C=N–C) groups is 1. The highest BCUT2D eigenvalue weighted by Gasteiger charge is 2.56. The van der Waals surface area contributed by atoms with Gasteiger partial charge in [-0.25, -0.2) is 0 Å². The molecule has 0 bridgehead atoms. The lowest BCUT2D eigenvalue weighted by molar-refractivity contribution is -0.125. The van der Waals surface area contributed by atoms with Gasteiger partial charge in [0.15, 0.2) is 5.96 Å². The van der Waals surface area contributed by atoms with Gasteiger partial charge in [0.25, 0.3) is 0 Å². The molecule has 1 aromatic rings. The lowest BCUT2D eigenvalue weighted by atomic mass is 9.60. The lowest BCUT2D eigenvalue weighted by Gasteiger charge is -2.54. The van der Waals surface area contributed by atoms with Crippen LogP contribution in [-0.4, -0.2) is 38.9 Å². The Labute approximate surface area is 151 Å². The first-order valence-corrected chi connectivity index (χ1v) is 9.43. The molecule has 5 heteroatoms. The van der Waals surface area contributed by atoms with Gasteiger partial charge in [-0.3, -0.25) is 4.99 Å². The highest BCUT2D eigenvalue weighted by Crippen LogP contribution is 2.54. The van der Waals surface area contributed by atoms with Crippen molar-refractivity contribution >= 4 is 5.96 Å². The average molecular weight is 345 g/mol. The van der Waals surface area contributed by atoms with Crippen LogP contribution in [0, 0.1) is 5.41 Å². The summed E-state index contributed by atoms with van der Waals surface area (Å²) in [6.45, 7) is 3.65. The summed E-state index contributed by atoms with van der Waals surface area (Å²) in [4.78, 5) is 4.41. The molecule has 0 heterocycles. The van der Waals surface area contributed by atoms with Crippen molar-refractivity contribution in [3.63, 3.8) is 0 Å². The fraction of sp³-hybridized carbons (Fsp3) is 0.650. The van der Waals surface area contributed by atoms with Crippen LogP contribution in [0.4, 0.5) is 0 Å². The predicted molar refractivity (Wildman–Crippen MR) is 101 cm³/mol. The smallest absolute Gasteiger partial charge is 0.191 e. The monoisotopic (exact) mass is 345 g/mol. The van der Waals surface area contributed by atoms with Gasteiger partial charge in [0.05, 0.1) is 13.2 Å². The molecule has 0 aromatic heterocycles. The van der Waals surface area contributed by atoms with Crippen molar-refractivity contribution in [2.45, 2.75) is 57.7 Å². The standard InChI is InChI=1S/C20H31N3O2/c1-4-25-18-13-17(20(18)11-5-6-12-20)23-19(21-2)22-14-15-7-9-16(24-3)10-8-15/h7-10,17-18H,4-6,11-14H2,1-3H3,(H2,21,22,23). The number of nitrogens with one attached hydrogen (secondary N) is 2. The van der Waals surface area contributed by atoms with E-state index in [0.717, 1.165) is 31.3 Å². The molecule has 2 aliphatic carbocycles. The molecule has 2 saturated carbocycles. The number of rotatable bonds is 6. The summed E-state index contributed by atoms with van der Waals surface area (Å²) in [6, 6.07) is 8.59. The van der Waals surface area contributed by atoms with E-state index in [1.165, 1.54) is 31.2 Å². The molecular weight excluding hydrogens is 314 g/mol. The van der Waals surface area contributed by atoms with Crippen molar-refractivity contribution in [1.29, 1.82) is 0 Å². The van der Waals surface area contributed by atoms with Crippen LogP contribution < -0.4 is 15.4 Å². The Balaban J connectivity index is 1.55. The minimum atomic E-state index is 0.313. The first-order valence-electron chi connectivity index (χ1n) is 9.43. The van der Waals surface area contributed by atoms with E-state index in [-0.39, 0.29) is 0 Å². The summed E-state index contributed by atoms with van der Waals surface area (Å²) in [5.74, 6) is 1.76. The molecule has 1 spiro atoms. The van der Waals surface area contributed by atoms with E-state index < -0.39 is 0 Å². The van der Waals surface area contributed by atoms with E-state index in [1.54, 1.807) is 7.11 Å². The SMILES string of the molecule is CCOC1CC(NC(=NC)NCc2ccc(OC)cc2)C12CCCC2. The van der Waals surface area contributed by atoms with Crippen molar-refractivity contribution in [2.24, 2.45) is 10.4 Å². The zero-order valence-electron chi connectivity index (χ0n) is 15.7. The Morgan fingerprint density at radius 2 is 1.96 bits per heavy atom. The van der Waals surface area contributed by atoms with Crippen LogP contribution in [-0.2, 0) is 11.3 Å². The maximum atomic E-state index is 6.00. The number of guanidine groups is 1. The summed E-state index contributed by atoms with van der Waals surface area (Å²) >= 11 is 0. The number of hydrogen-bond donors (Lipinski definition) is 2. The molecule has 2 atom stereocenters. The van der Waals surface area contributed by atoms with E-state index >= 15 is 0 Å². The second-order valence-corrected chi connectivity index (χ2v) is 7.09. The first-order chi connectivity index (χ1) is 12.2. The normalized spacial score (nSPS) is 24.8. The molecule has 2 N–H and O–H groups in total. The van der Waals surface area contributed by atoms with Gasteiger partial charge in [-0.15, -0.1) is 0 Å². The Morgan fingerprint density at radius 1 is 1.24 bits per heavy atom.